The highest BCUT2D eigenvalue weighted by Gasteiger charge is 2.13. The lowest BCUT2D eigenvalue weighted by Gasteiger charge is -2.07. The third-order valence-electron chi connectivity index (χ3n) is 6.29. The van der Waals surface area contributed by atoms with Crippen molar-refractivity contribution in [3.05, 3.63) is 149 Å². The molecule has 0 saturated heterocycles. The molecule has 0 bridgehead atoms. The number of phenols is 1. The molecule has 11 heteroatoms. The van der Waals surface area contributed by atoms with Crippen LogP contribution in [0.25, 0.3) is 11.1 Å². The number of hydrogen-bond acceptors (Lipinski definition) is 8. The van der Waals surface area contributed by atoms with E-state index in [-0.39, 0.29) is 39.3 Å². The fourth-order valence-electron chi connectivity index (χ4n) is 3.89. The van der Waals surface area contributed by atoms with Crippen molar-refractivity contribution in [2.75, 3.05) is 0 Å². The van der Waals surface area contributed by atoms with Crippen LogP contribution in [0.15, 0.2) is 121 Å². The molecule has 0 radical (unpaired) electrons. The number of benzene rings is 5. The standard InChI is InChI=1S/C20H14O5.C15H10O6/c21-17-8-4-13(5-9-17)14-6-10-18(11-7-14)25-20(24)16-3-1-2-15(12-16)19(22)23;16-13(17)9-1-3-11(4-2-9)15(20)21-12-7-5-10(6-8-12)14(18)19/h1-12,21H,(H,22,23);1-8H,(H,16,17)(H,18,19). The van der Waals surface area contributed by atoms with Crippen LogP contribution in [0, 0.1) is 0 Å². The first kappa shape index (κ1) is 32.2. The monoisotopic (exact) mass is 620 g/mol. The van der Waals surface area contributed by atoms with Gasteiger partial charge in [-0.2, -0.15) is 0 Å². The maximum absolute atomic E-state index is 12.1. The number of rotatable bonds is 8. The fraction of sp³-hybridized carbons (Fsp3) is 0. The number of carbonyl (C=O) groups excluding carboxylic acids is 2. The van der Waals surface area contributed by atoms with Crippen molar-refractivity contribution in [1.82, 2.24) is 0 Å². The molecule has 0 unspecified atom stereocenters. The predicted octanol–water partition coefficient (Wildman–Crippen LogP) is 6.28. The second-order valence-electron chi connectivity index (χ2n) is 9.45. The molecule has 0 saturated carbocycles. The summed E-state index contributed by atoms with van der Waals surface area (Å²) in [6.45, 7) is 0. The van der Waals surface area contributed by atoms with Gasteiger partial charge in [0, 0.05) is 0 Å². The zero-order chi connectivity index (χ0) is 33.2. The van der Waals surface area contributed by atoms with Crippen molar-refractivity contribution < 1.29 is 53.9 Å². The van der Waals surface area contributed by atoms with Gasteiger partial charge in [0.2, 0.25) is 0 Å². The number of carboxylic acid groups (broad SMARTS) is 3. The average molecular weight is 621 g/mol. The van der Waals surface area contributed by atoms with Crippen LogP contribution in [0.4, 0.5) is 0 Å². The zero-order valence-corrected chi connectivity index (χ0v) is 23.7. The van der Waals surface area contributed by atoms with Gasteiger partial charge in [0.25, 0.3) is 0 Å². The van der Waals surface area contributed by atoms with Crippen LogP contribution < -0.4 is 9.47 Å². The van der Waals surface area contributed by atoms with E-state index in [0.717, 1.165) is 11.1 Å². The highest BCUT2D eigenvalue weighted by molar-refractivity contribution is 5.96. The van der Waals surface area contributed by atoms with Crippen LogP contribution in [0.1, 0.15) is 51.8 Å². The number of ether oxygens (including phenoxy) is 2. The maximum Gasteiger partial charge on any atom is 0.343 e. The number of aromatic carboxylic acids is 3. The molecule has 0 aromatic heterocycles. The van der Waals surface area contributed by atoms with E-state index < -0.39 is 29.8 Å². The van der Waals surface area contributed by atoms with E-state index in [1.165, 1.54) is 72.8 Å². The largest absolute Gasteiger partial charge is 0.508 e. The Labute approximate surface area is 261 Å². The number of hydrogen-bond donors (Lipinski definition) is 4. The second kappa shape index (κ2) is 14.6. The molecule has 0 amide bonds. The van der Waals surface area contributed by atoms with Crippen LogP contribution in [0.3, 0.4) is 0 Å². The molecule has 0 spiro atoms. The smallest absolute Gasteiger partial charge is 0.343 e. The van der Waals surface area contributed by atoms with Crippen LogP contribution in [-0.2, 0) is 0 Å². The molecule has 11 nitrogen and oxygen atoms in total. The van der Waals surface area contributed by atoms with Gasteiger partial charge < -0.3 is 29.9 Å². The molecule has 0 aliphatic heterocycles. The molecule has 0 atom stereocenters. The van der Waals surface area contributed by atoms with Gasteiger partial charge in [-0.1, -0.05) is 30.3 Å². The number of phenolic OH excluding ortho intramolecular Hbond substituents is 1. The summed E-state index contributed by atoms with van der Waals surface area (Å²) < 4.78 is 10.3. The van der Waals surface area contributed by atoms with Gasteiger partial charge in [-0.25, -0.2) is 24.0 Å². The summed E-state index contributed by atoms with van der Waals surface area (Å²) in [5, 5.41) is 35.8. The van der Waals surface area contributed by atoms with Crippen LogP contribution in [0.5, 0.6) is 17.2 Å². The molecule has 0 aliphatic rings. The fourth-order valence-corrected chi connectivity index (χ4v) is 3.89. The molecule has 46 heavy (non-hydrogen) atoms. The Kier molecular flexibility index (Phi) is 10.2. The average Bonchev–Trinajstić information content (AvgIpc) is 3.06. The van der Waals surface area contributed by atoms with E-state index in [0.29, 0.717) is 5.75 Å². The van der Waals surface area contributed by atoms with Crippen molar-refractivity contribution in [1.29, 1.82) is 0 Å². The van der Waals surface area contributed by atoms with Gasteiger partial charge in [-0.05, 0) is 102 Å². The van der Waals surface area contributed by atoms with Gasteiger partial charge in [-0.15, -0.1) is 0 Å². The zero-order valence-electron chi connectivity index (χ0n) is 23.7. The van der Waals surface area contributed by atoms with Gasteiger partial charge in [0.15, 0.2) is 0 Å². The molecular formula is C35H24O11. The Balaban J connectivity index is 0.000000212. The molecule has 0 heterocycles. The van der Waals surface area contributed by atoms with E-state index >= 15 is 0 Å². The van der Waals surface area contributed by atoms with Crippen LogP contribution in [0.2, 0.25) is 0 Å². The van der Waals surface area contributed by atoms with E-state index in [4.69, 9.17) is 24.8 Å². The van der Waals surface area contributed by atoms with E-state index in [1.54, 1.807) is 48.5 Å². The number of esters is 2. The van der Waals surface area contributed by atoms with Gasteiger partial charge in [0.1, 0.15) is 17.2 Å². The number of aromatic hydroxyl groups is 1. The quantitative estimate of drug-likeness (QED) is 0.113. The third kappa shape index (κ3) is 8.64. The van der Waals surface area contributed by atoms with Gasteiger partial charge in [-0.3, -0.25) is 0 Å². The lowest BCUT2D eigenvalue weighted by molar-refractivity contribution is 0.0684. The highest BCUT2D eigenvalue weighted by atomic mass is 16.5. The topological polar surface area (TPSA) is 185 Å². The van der Waals surface area contributed by atoms with Crippen LogP contribution in [-0.4, -0.2) is 50.3 Å². The van der Waals surface area contributed by atoms with Crippen molar-refractivity contribution in [2.24, 2.45) is 0 Å². The van der Waals surface area contributed by atoms with Crippen LogP contribution >= 0.6 is 0 Å². The minimum absolute atomic E-state index is 0.0251. The summed E-state index contributed by atoms with van der Waals surface area (Å²) in [5.41, 5.74) is 2.37. The Morgan fingerprint density at radius 1 is 0.413 bits per heavy atom. The molecule has 5 aromatic carbocycles. The Bertz CT molecular complexity index is 1880. The summed E-state index contributed by atoms with van der Waals surface area (Å²) >= 11 is 0. The number of carbonyl (C=O) groups is 5. The summed E-state index contributed by atoms with van der Waals surface area (Å²) in [6.07, 6.45) is 0. The molecular weight excluding hydrogens is 596 g/mol. The first-order valence-electron chi connectivity index (χ1n) is 13.3. The molecule has 0 fully saturated rings. The highest BCUT2D eigenvalue weighted by Crippen LogP contribution is 2.25. The third-order valence-corrected chi connectivity index (χ3v) is 6.29. The SMILES string of the molecule is O=C(O)c1ccc(OC(=O)c2ccc(C(=O)O)cc2)cc1.O=C(O)c1cccc(C(=O)Oc2ccc(-c3ccc(O)cc3)cc2)c1. The summed E-state index contributed by atoms with van der Waals surface area (Å²) in [4.78, 5) is 56.3. The second-order valence-corrected chi connectivity index (χ2v) is 9.45. The molecule has 230 valence electrons. The van der Waals surface area contributed by atoms with Crippen molar-refractivity contribution >= 4 is 29.8 Å². The predicted molar refractivity (Wildman–Crippen MR) is 164 cm³/mol. The summed E-state index contributed by atoms with van der Waals surface area (Å²) in [5.74, 6) is -3.79. The minimum Gasteiger partial charge on any atom is -0.508 e. The summed E-state index contributed by atoms with van der Waals surface area (Å²) in [6, 6.07) is 30.0. The minimum atomic E-state index is -1.10. The molecule has 0 aliphatic carbocycles. The van der Waals surface area contributed by atoms with E-state index in [1.807, 2.05) is 0 Å². The Morgan fingerprint density at radius 2 is 0.783 bits per heavy atom. The van der Waals surface area contributed by atoms with Crippen molar-refractivity contribution in [3.63, 3.8) is 0 Å². The Hall–Kier alpha value is -6.75. The van der Waals surface area contributed by atoms with Gasteiger partial charge >= 0.3 is 29.8 Å². The van der Waals surface area contributed by atoms with E-state index in [2.05, 4.69) is 0 Å². The van der Waals surface area contributed by atoms with Gasteiger partial charge in [0.05, 0.1) is 27.8 Å². The lowest BCUT2D eigenvalue weighted by Crippen LogP contribution is -2.09. The number of carboxylic acids is 3. The molecule has 5 aromatic rings. The Morgan fingerprint density at radius 3 is 1.26 bits per heavy atom. The van der Waals surface area contributed by atoms with E-state index in [9.17, 15) is 29.1 Å². The first-order chi connectivity index (χ1) is 22.0. The lowest BCUT2D eigenvalue weighted by atomic mass is 10.1. The van der Waals surface area contributed by atoms with Crippen molar-refractivity contribution in [2.45, 2.75) is 0 Å². The molecule has 4 N–H and O–H groups in total. The maximum atomic E-state index is 12.1. The molecule has 5 rings (SSSR count). The first-order valence-corrected chi connectivity index (χ1v) is 13.3. The normalized spacial score (nSPS) is 10.1. The van der Waals surface area contributed by atoms with Crippen molar-refractivity contribution in [3.8, 4) is 28.4 Å². The summed E-state index contributed by atoms with van der Waals surface area (Å²) in [7, 11) is 0.